The Morgan fingerprint density at radius 3 is 2.39 bits per heavy atom. The van der Waals surface area contributed by atoms with Crippen LogP contribution in [0.1, 0.15) is 1.43 Å². The van der Waals surface area contributed by atoms with Crippen LogP contribution in [0.15, 0.2) is 47.4 Å². The number of H-pyrrole nitrogens is 1. The summed E-state index contributed by atoms with van der Waals surface area (Å²) in [7, 11) is -4.15. The zero-order chi connectivity index (χ0) is 12.0. The first kappa shape index (κ1) is 13.6. The van der Waals surface area contributed by atoms with Gasteiger partial charge < -0.3 is 6.41 Å². The summed E-state index contributed by atoms with van der Waals surface area (Å²) in [5.41, 5.74) is 1.79. The van der Waals surface area contributed by atoms with Crippen molar-refractivity contribution < 1.29 is 44.0 Å². The smallest absolute Gasteiger partial charge is 1.00 e. The van der Waals surface area contributed by atoms with Crippen LogP contribution in [0.3, 0.4) is 0 Å². The van der Waals surface area contributed by atoms with E-state index in [1.165, 1.54) is 12.1 Å². The Bertz CT molecular complexity index is 829. The maximum Gasteiger partial charge on any atom is 1.00 e. The Morgan fingerprint density at radius 1 is 1.00 bits per heavy atom. The molecular weight excluding hydrogens is 261 g/mol. The van der Waals surface area contributed by atoms with E-state index in [0.717, 1.165) is 21.8 Å². The molecule has 0 fully saturated rings. The Labute approximate surface area is 128 Å². The Balaban J connectivity index is 0.000000902. The molecule has 0 aliphatic heterocycles. The molecule has 0 spiro atoms. The number of nitrogens with one attached hydrogen (secondary N) is 1. The number of rotatable bonds is 1. The molecule has 2 aromatic carbocycles. The van der Waals surface area contributed by atoms with Crippen LogP contribution < -0.4 is 29.6 Å². The second-order valence-corrected chi connectivity index (χ2v) is 5.27. The van der Waals surface area contributed by atoms with Gasteiger partial charge >= 0.3 is 29.6 Å². The Morgan fingerprint density at radius 2 is 1.67 bits per heavy atom. The molecule has 0 amide bonds. The van der Waals surface area contributed by atoms with Gasteiger partial charge in [0.15, 0.2) is 0 Å². The van der Waals surface area contributed by atoms with Gasteiger partial charge in [0.2, 0.25) is 0 Å². The number of benzene rings is 2. The summed E-state index contributed by atoms with van der Waals surface area (Å²) in [6, 6.07) is 12.1. The van der Waals surface area contributed by atoms with Crippen molar-refractivity contribution in [3.8, 4) is 0 Å². The van der Waals surface area contributed by atoms with Crippen molar-refractivity contribution in [2.24, 2.45) is 0 Å². The molecule has 1 heterocycles. The normalized spacial score (nSPS) is 11.6. The molecule has 0 atom stereocenters. The van der Waals surface area contributed by atoms with E-state index in [1.54, 1.807) is 6.07 Å². The monoisotopic (exact) mass is 271 g/mol. The van der Waals surface area contributed by atoms with Crippen LogP contribution in [0.4, 0.5) is 0 Å². The molecule has 18 heavy (non-hydrogen) atoms. The number of aromatic nitrogens is 1. The standard InChI is InChI=1S/C12H9NO3S.Na.H/c14-17(15,16)8-5-6-12-10(7-8)9-3-1-2-4-11(9)13-12;;/h1-7,13H,(H,14,15,16);;/q;+1;-1. The zero-order valence-electron chi connectivity index (χ0n) is 10.7. The first-order valence-electron chi connectivity index (χ1n) is 5.04. The number of hydrogen-bond acceptors (Lipinski definition) is 2. The van der Waals surface area contributed by atoms with Gasteiger partial charge in [-0.1, -0.05) is 18.2 Å². The van der Waals surface area contributed by atoms with Crippen LogP contribution in [-0.2, 0) is 10.1 Å². The van der Waals surface area contributed by atoms with Gasteiger partial charge in [0.05, 0.1) is 4.90 Å². The molecule has 4 nitrogen and oxygen atoms in total. The predicted molar refractivity (Wildman–Crippen MR) is 66.7 cm³/mol. The van der Waals surface area contributed by atoms with Crippen LogP contribution in [0.2, 0.25) is 0 Å². The largest absolute Gasteiger partial charge is 1.00 e. The minimum absolute atomic E-state index is 0. The van der Waals surface area contributed by atoms with Crippen LogP contribution in [0.5, 0.6) is 0 Å². The van der Waals surface area contributed by atoms with E-state index in [0.29, 0.717) is 0 Å². The van der Waals surface area contributed by atoms with Crippen molar-refractivity contribution >= 4 is 31.9 Å². The predicted octanol–water partition coefficient (Wildman–Crippen LogP) is -0.316. The average Bonchev–Trinajstić information content (AvgIpc) is 2.65. The summed E-state index contributed by atoms with van der Waals surface area (Å²) >= 11 is 0. The number of fused-ring (bicyclic) bond motifs is 3. The summed E-state index contributed by atoms with van der Waals surface area (Å²) in [6.07, 6.45) is 0. The minimum atomic E-state index is -4.15. The second kappa shape index (κ2) is 4.68. The van der Waals surface area contributed by atoms with Gasteiger partial charge in [-0.05, 0) is 24.3 Å². The van der Waals surface area contributed by atoms with Crippen molar-refractivity contribution in [3.05, 3.63) is 42.5 Å². The molecule has 6 heteroatoms. The van der Waals surface area contributed by atoms with Gasteiger partial charge in [0.1, 0.15) is 0 Å². The second-order valence-electron chi connectivity index (χ2n) is 3.85. The molecule has 3 rings (SSSR count). The fraction of sp³-hybridized carbons (Fsp3) is 0. The number of aromatic amines is 1. The van der Waals surface area contributed by atoms with Gasteiger partial charge in [0, 0.05) is 21.8 Å². The summed E-state index contributed by atoms with van der Waals surface area (Å²) in [4.78, 5) is 3.09. The molecule has 0 radical (unpaired) electrons. The summed E-state index contributed by atoms with van der Waals surface area (Å²) in [5.74, 6) is 0. The van der Waals surface area contributed by atoms with Crippen molar-refractivity contribution in [2.75, 3.05) is 0 Å². The molecule has 0 bridgehead atoms. The van der Waals surface area contributed by atoms with Crippen LogP contribution in [0.25, 0.3) is 21.8 Å². The van der Waals surface area contributed by atoms with Crippen molar-refractivity contribution in [3.63, 3.8) is 0 Å². The maximum absolute atomic E-state index is 11.1. The first-order chi connectivity index (χ1) is 8.05. The van der Waals surface area contributed by atoms with E-state index in [9.17, 15) is 8.42 Å². The third-order valence-electron chi connectivity index (χ3n) is 2.78. The fourth-order valence-electron chi connectivity index (χ4n) is 1.99. The molecule has 0 saturated heterocycles. The third kappa shape index (κ3) is 2.20. The topological polar surface area (TPSA) is 70.2 Å². The first-order valence-corrected chi connectivity index (χ1v) is 6.48. The Hall–Kier alpha value is -0.850. The van der Waals surface area contributed by atoms with Crippen LogP contribution in [-0.4, -0.2) is 18.0 Å². The van der Waals surface area contributed by atoms with Crippen molar-refractivity contribution in [2.45, 2.75) is 4.90 Å². The van der Waals surface area contributed by atoms with Crippen LogP contribution in [0, 0.1) is 0 Å². The SMILES string of the molecule is O=S(=O)(O)c1ccc2[nH]c3ccccc3c2c1.[H-].[Na+]. The van der Waals surface area contributed by atoms with Crippen molar-refractivity contribution in [1.29, 1.82) is 0 Å². The Kier molecular flexibility index (Phi) is 3.53. The molecule has 0 saturated carbocycles. The molecule has 1 aromatic heterocycles. The van der Waals surface area contributed by atoms with Crippen molar-refractivity contribution in [1.82, 2.24) is 4.98 Å². The van der Waals surface area contributed by atoms with E-state index in [4.69, 9.17) is 4.55 Å². The number of hydrogen-bond donors (Lipinski definition) is 2. The molecule has 88 valence electrons. The molecule has 0 aliphatic rings. The van der Waals surface area contributed by atoms with Gasteiger partial charge in [0.25, 0.3) is 10.1 Å². The maximum atomic E-state index is 11.1. The van der Waals surface area contributed by atoms with E-state index < -0.39 is 10.1 Å². The van der Waals surface area contributed by atoms with Gasteiger partial charge in [-0.2, -0.15) is 8.42 Å². The third-order valence-corrected chi connectivity index (χ3v) is 3.63. The average molecular weight is 271 g/mol. The molecule has 2 N–H and O–H groups in total. The van der Waals surface area contributed by atoms with E-state index >= 15 is 0 Å². The molecule has 0 aliphatic carbocycles. The van der Waals surface area contributed by atoms with Gasteiger partial charge in [-0.25, -0.2) is 0 Å². The summed E-state index contributed by atoms with van der Waals surface area (Å²) in [5, 5.41) is 1.73. The molecule has 0 unspecified atom stereocenters. The molecule has 3 aromatic rings. The van der Waals surface area contributed by atoms with E-state index in [2.05, 4.69) is 4.98 Å². The zero-order valence-corrected chi connectivity index (χ0v) is 12.5. The fourth-order valence-corrected chi connectivity index (χ4v) is 2.49. The summed E-state index contributed by atoms with van der Waals surface area (Å²) < 4.78 is 31.2. The van der Waals surface area contributed by atoms with E-state index in [-0.39, 0.29) is 35.9 Å². The summed E-state index contributed by atoms with van der Waals surface area (Å²) in [6.45, 7) is 0. The number of para-hydroxylation sites is 1. The minimum Gasteiger partial charge on any atom is -1.00 e. The van der Waals surface area contributed by atoms with Gasteiger partial charge in [-0.3, -0.25) is 4.55 Å². The van der Waals surface area contributed by atoms with Crippen LogP contribution >= 0.6 is 0 Å². The molecular formula is C12H10NNaO3S. The quantitative estimate of drug-likeness (QED) is 0.471. The van der Waals surface area contributed by atoms with E-state index in [1.807, 2.05) is 24.3 Å². The van der Waals surface area contributed by atoms with Gasteiger partial charge in [-0.15, -0.1) is 0 Å².